The number of halogens is 2. The molecule has 94 valence electrons. The van der Waals surface area contributed by atoms with E-state index in [1.165, 1.54) is 5.56 Å². The Kier molecular flexibility index (Phi) is 4.47. The number of piperazine rings is 1. The molecule has 1 aliphatic heterocycles. The second-order valence-corrected chi connectivity index (χ2v) is 6.01. The van der Waals surface area contributed by atoms with Crippen molar-refractivity contribution in [3.8, 4) is 0 Å². The average molecular weight is 318 g/mol. The van der Waals surface area contributed by atoms with Gasteiger partial charge in [-0.05, 0) is 31.5 Å². The highest BCUT2D eigenvalue weighted by Crippen LogP contribution is 2.30. The predicted octanol–water partition coefficient (Wildman–Crippen LogP) is 3.46. The Bertz CT molecular complexity index is 397. The summed E-state index contributed by atoms with van der Waals surface area (Å²) >= 11 is 9.75. The maximum Gasteiger partial charge on any atom is 0.0464 e. The monoisotopic (exact) mass is 316 g/mol. The summed E-state index contributed by atoms with van der Waals surface area (Å²) in [6, 6.07) is 7.08. The molecule has 2 atom stereocenters. The number of nitrogens with zero attached hydrogens (tertiary/aromatic N) is 1. The first-order valence-electron chi connectivity index (χ1n) is 6.00. The van der Waals surface area contributed by atoms with Crippen LogP contribution in [0.3, 0.4) is 0 Å². The highest BCUT2D eigenvalue weighted by molar-refractivity contribution is 9.10. The largest absolute Gasteiger partial charge is 0.312 e. The van der Waals surface area contributed by atoms with E-state index >= 15 is 0 Å². The molecule has 2 nitrogen and oxygen atoms in total. The van der Waals surface area contributed by atoms with Gasteiger partial charge in [0.25, 0.3) is 0 Å². The van der Waals surface area contributed by atoms with Gasteiger partial charge in [-0.25, -0.2) is 0 Å². The van der Waals surface area contributed by atoms with Crippen molar-refractivity contribution in [2.24, 2.45) is 0 Å². The lowest BCUT2D eigenvalue weighted by Gasteiger charge is -2.36. The minimum Gasteiger partial charge on any atom is -0.312 e. The molecule has 4 heteroatoms. The summed E-state index contributed by atoms with van der Waals surface area (Å²) in [5.41, 5.74) is 1.21. The van der Waals surface area contributed by atoms with Gasteiger partial charge < -0.3 is 5.32 Å². The van der Waals surface area contributed by atoms with Crippen LogP contribution in [-0.2, 0) is 0 Å². The van der Waals surface area contributed by atoms with Crippen molar-refractivity contribution in [2.75, 3.05) is 19.6 Å². The Morgan fingerprint density at radius 1 is 1.53 bits per heavy atom. The number of nitrogens with one attached hydrogen (secondary N) is 1. The smallest absolute Gasteiger partial charge is 0.0464 e. The molecule has 0 bridgehead atoms. The van der Waals surface area contributed by atoms with Gasteiger partial charge in [-0.1, -0.05) is 33.6 Å². The zero-order valence-electron chi connectivity index (χ0n) is 10.2. The van der Waals surface area contributed by atoms with Gasteiger partial charge in [0, 0.05) is 41.2 Å². The Morgan fingerprint density at radius 3 is 2.94 bits per heavy atom. The Balaban J connectivity index is 2.15. The fraction of sp³-hybridized carbons (Fsp3) is 0.538. The molecule has 1 N–H and O–H groups in total. The SMILES string of the molecule is CC1CN(C(C)c2ccc(Br)cc2Cl)CCN1. The van der Waals surface area contributed by atoms with E-state index in [0.717, 1.165) is 29.1 Å². The second kappa shape index (κ2) is 5.70. The van der Waals surface area contributed by atoms with Crippen LogP contribution in [0.5, 0.6) is 0 Å². The van der Waals surface area contributed by atoms with Crippen molar-refractivity contribution in [1.82, 2.24) is 10.2 Å². The molecule has 0 amide bonds. The number of hydrogen-bond acceptors (Lipinski definition) is 2. The van der Waals surface area contributed by atoms with E-state index in [2.05, 4.69) is 52.1 Å². The standard InChI is InChI=1S/C13H18BrClN2/c1-9-8-17(6-5-16-9)10(2)12-4-3-11(14)7-13(12)15/h3-4,7,9-10,16H,5-6,8H2,1-2H3. The first-order valence-corrected chi connectivity index (χ1v) is 7.17. The van der Waals surface area contributed by atoms with Crippen LogP contribution < -0.4 is 5.32 Å². The quantitative estimate of drug-likeness (QED) is 0.898. The maximum atomic E-state index is 6.31. The van der Waals surface area contributed by atoms with Gasteiger partial charge >= 0.3 is 0 Å². The molecule has 1 aliphatic rings. The van der Waals surface area contributed by atoms with Crippen LogP contribution in [0.15, 0.2) is 22.7 Å². The van der Waals surface area contributed by atoms with Gasteiger partial charge in [0.2, 0.25) is 0 Å². The van der Waals surface area contributed by atoms with E-state index in [9.17, 15) is 0 Å². The van der Waals surface area contributed by atoms with E-state index in [0.29, 0.717) is 12.1 Å². The van der Waals surface area contributed by atoms with Crippen LogP contribution in [0.1, 0.15) is 25.5 Å². The molecule has 1 fully saturated rings. The molecule has 17 heavy (non-hydrogen) atoms. The second-order valence-electron chi connectivity index (χ2n) is 4.69. The topological polar surface area (TPSA) is 15.3 Å². The molecule has 0 radical (unpaired) electrons. The summed E-state index contributed by atoms with van der Waals surface area (Å²) in [5.74, 6) is 0. The third kappa shape index (κ3) is 3.22. The van der Waals surface area contributed by atoms with E-state index in [1.807, 2.05) is 6.07 Å². The van der Waals surface area contributed by atoms with E-state index < -0.39 is 0 Å². The van der Waals surface area contributed by atoms with Crippen molar-refractivity contribution < 1.29 is 0 Å². The first kappa shape index (κ1) is 13.3. The van der Waals surface area contributed by atoms with Gasteiger partial charge in [0.1, 0.15) is 0 Å². The lowest BCUT2D eigenvalue weighted by molar-refractivity contribution is 0.159. The minimum absolute atomic E-state index is 0.375. The minimum atomic E-state index is 0.375. The summed E-state index contributed by atoms with van der Waals surface area (Å²) in [7, 11) is 0. The van der Waals surface area contributed by atoms with Gasteiger partial charge in [0.05, 0.1) is 0 Å². The molecule has 2 unspecified atom stereocenters. The summed E-state index contributed by atoms with van der Waals surface area (Å²) in [4.78, 5) is 2.48. The van der Waals surface area contributed by atoms with Crippen molar-refractivity contribution in [1.29, 1.82) is 0 Å². The van der Waals surface area contributed by atoms with Crippen LogP contribution >= 0.6 is 27.5 Å². The van der Waals surface area contributed by atoms with Crippen molar-refractivity contribution in [3.63, 3.8) is 0 Å². The van der Waals surface area contributed by atoms with E-state index in [1.54, 1.807) is 0 Å². The van der Waals surface area contributed by atoms with Crippen LogP contribution in [0.4, 0.5) is 0 Å². The molecule has 0 spiro atoms. The molecule has 1 saturated heterocycles. The molecular formula is C13H18BrClN2. The van der Waals surface area contributed by atoms with Gasteiger partial charge in [-0.15, -0.1) is 0 Å². The first-order chi connectivity index (χ1) is 8.08. The van der Waals surface area contributed by atoms with Gasteiger partial charge in [0.15, 0.2) is 0 Å². The Labute approximate surface area is 116 Å². The van der Waals surface area contributed by atoms with E-state index in [4.69, 9.17) is 11.6 Å². The number of hydrogen-bond donors (Lipinski definition) is 1. The molecule has 0 saturated carbocycles. The predicted molar refractivity (Wildman–Crippen MR) is 76.6 cm³/mol. The van der Waals surface area contributed by atoms with Crippen LogP contribution in [0.2, 0.25) is 5.02 Å². The molecular weight excluding hydrogens is 300 g/mol. The molecule has 0 aromatic heterocycles. The third-order valence-electron chi connectivity index (χ3n) is 3.36. The zero-order chi connectivity index (χ0) is 12.4. The zero-order valence-corrected chi connectivity index (χ0v) is 12.6. The highest BCUT2D eigenvalue weighted by Gasteiger charge is 2.22. The van der Waals surface area contributed by atoms with Gasteiger partial charge in [-0.3, -0.25) is 4.90 Å². The Morgan fingerprint density at radius 2 is 2.29 bits per heavy atom. The third-order valence-corrected chi connectivity index (χ3v) is 4.18. The summed E-state index contributed by atoms with van der Waals surface area (Å²) in [5, 5.41) is 4.31. The maximum absolute atomic E-state index is 6.31. The van der Waals surface area contributed by atoms with Crippen LogP contribution in [0.25, 0.3) is 0 Å². The lowest BCUT2D eigenvalue weighted by atomic mass is 10.1. The van der Waals surface area contributed by atoms with Crippen LogP contribution in [0, 0.1) is 0 Å². The molecule has 1 aromatic carbocycles. The fourth-order valence-corrected chi connectivity index (χ4v) is 3.18. The van der Waals surface area contributed by atoms with Crippen LogP contribution in [-0.4, -0.2) is 30.6 Å². The Hall–Kier alpha value is -0.0900. The number of rotatable bonds is 2. The van der Waals surface area contributed by atoms with Crippen molar-refractivity contribution >= 4 is 27.5 Å². The van der Waals surface area contributed by atoms with Gasteiger partial charge in [-0.2, -0.15) is 0 Å². The normalized spacial score (nSPS) is 23.6. The summed E-state index contributed by atoms with van der Waals surface area (Å²) in [6.45, 7) is 7.67. The lowest BCUT2D eigenvalue weighted by Crippen LogP contribution is -2.49. The summed E-state index contributed by atoms with van der Waals surface area (Å²) < 4.78 is 1.03. The summed E-state index contributed by atoms with van der Waals surface area (Å²) in [6.07, 6.45) is 0. The van der Waals surface area contributed by atoms with E-state index in [-0.39, 0.29) is 0 Å². The van der Waals surface area contributed by atoms with Crippen molar-refractivity contribution in [2.45, 2.75) is 25.9 Å². The fourth-order valence-electron chi connectivity index (χ4n) is 2.35. The molecule has 0 aliphatic carbocycles. The number of benzene rings is 1. The molecule has 1 heterocycles. The van der Waals surface area contributed by atoms with Crippen molar-refractivity contribution in [3.05, 3.63) is 33.3 Å². The average Bonchev–Trinajstić information content (AvgIpc) is 2.28. The molecule has 1 aromatic rings. The highest BCUT2D eigenvalue weighted by atomic mass is 79.9. The molecule has 2 rings (SSSR count).